The molecule has 0 aromatic heterocycles. The van der Waals surface area contributed by atoms with Crippen molar-refractivity contribution >= 4 is 0 Å². The van der Waals surface area contributed by atoms with Crippen LogP contribution in [-0.4, -0.2) is 25.6 Å². The Morgan fingerprint density at radius 3 is 2.13 bits per heavy atom. The van der Waals surface area contributed by atoms with Crippen LogP contribution in [0.2, 0.25) is 0 Å². The molecule has 0 saturated carbocycles. The lowest BCUT2D eigenvalue weighted by atomic mass is 10.0. The van der Waals surface area contributed by atoms with Crippen molar-refractivity contribution in [1.82, 2.24) is 0 Å². The van der Waals surface area contributed by atoms with Gasteiger partial charge in [-0.1, -0.05) is 18.2 Å². The second-order valence-corrected chi connectivity index (χ2v) is 3.63. The summed E-state index contributed by atoms with van der Waals surface area (Å²) in [6.45, 7) is 4.05. The SMILES string of the molecule is COC(OC)C(O)c1ccc(C)c(C)c1. The highest BCUT2D eigenvalue weighted by Gasteiger charge is 2.19. The van der Waals surface area contributed by atoms with E-state index in [4.69, 9.17) is 9.47 Å². The molecule has 1 N–H and O–H groups in total. The van der Waals surface area contributed by atoms with Crippen LogP contribution in [0.25, 0.3) is 0 Å². The summed E-state index contributed by atoms with van der Waals surface area (Å²) in [6, 6.07) is 5.82. The first-order valence-corrected chi connectivity index (χ1v) is 4.91. The van der Waals surface area contributed by atoms with Gasteiger partial charge in [-0.2, -0.15) is 0 Å². The number of hydrogen-bond donors (Lipinski definition) is 1. The molecule has 0 saturated heterocycles. The number of rotatable bonds is 4. The minimum absolute atomic E-state index is 0.618. The minimum Gasteiger partial charge on any atom is -0.383 e. The molecule has 15 heavy (non-hydrogen) atoms. The van der Waals surface area contributed by atoms with Crippen LogP contribution in [0, 0.1) is 13.8 Å². The van der Waals surface area contributed by atoms with Gasteiger partial charge in [-0.3, -0.25) is 0 Å². The van der Waals surface area contributed by atoms with Gasteiger partial charge < -0.3 is 14.6 Å². The Labute approximate surface area is 90.6 Å². The molecule has 0 aliphatic carbocycles. The summed E-state index contributed by atoms with van der Waals surface area (Å²) in [5, 5.41) is 9.95. The fraction of sp³-hybridized carbons (Fsp3) is 0.500. The maximum atomic E-state index is 9.95. The number of aliphatic hydroxyl groups is 1. The molecule has 1 aromatic rings. The molecule has 1 rings (SSSR count). The lowest BCUT2D eigenvalue weighted by Crippen LogP contribution is -2.22. The van der Waals surface area contributed by atoms with Crippen molar-refractivity contribution in [2.45, 2.75) is 26.2 Å². The lowest BCUT2D eigenvalue weighted by molar-refractivity contribution is -0.166. The Kier molecular flexibility index (Phi) is 4.27. The molecule has 0 aliphatic heterocycles. The molecule has 0 spiro atoms. The Hall–Kier alpha value is -0.900. The number of aliphatic hydroxyl groups excluding tert-OH is 1. The highest BCUT2D eigenvalue weighted by atomic mass is 16.7. The average Bonchev–Trinajstić information content (AvgIpc) is 2.23. The van der Waals surface area contributed by atoms with E-state index in [0.29, 0.717) is 0 Å². The zero-order chi connectivity index (χ0) is 11.4. The molecule has 0 aliphatic rings. The first-order valence-electron chi connectivity index (χ1n) is 4.91. The van der Waals surface area contributed by atoms with E-state index >= 15 is 0 Å². The molecule has 0 radical (unpaired) electrons. The summed E-state index contributed by atoms with van der Waals surface area (Å²) in [7, 11) is 3.02. The monoisotopic (exact) mass is 210 g/mol. The molecular formula is C12H18O3. The third-order valence-corrected chi connectivity index (χ3v) is 2.59. The Bertz CT molecular complexity index is 319. The Balaban J connectivity index is 2.90. The third kappa shape index (κ3) is 2.78. The van der Waals surface area contributed by atoms with Crippen molar-refractivity contribution in [2.24, 2.45) is 0 Å². The largest absolute Gasteiger partial charge is 0.383 e. The van der Waals surface area contributed by atoms with E-state index in [1.54, 1.807) is 0 Å². The van der Waals surface area contributed by atoms with E-state index in [1.165, 1.54) is 19.8 Å². The molecule has 3 heteroatoms. The number of benzene rings is 1. The van der Waals surface area contributed by atoms with Gasteiger partial charge in [0.2, 0.25) is 0 Å². The standard InChI is InChI=1S/C12H18O3/c1-8-5-6-10(7-9(8)2)11(13)12(14-3)15-4/h5-7,11-13H,1-4H3. The van der Waals surface area contributed by atoms with Crippen LogP contribution < -0.4 is 0 Å². The maximum absolute atomic E-state index is 9.95. The molecule has 0 amide bonds. The van der Waals surface area contributed by atoms with Crippen molar-refractivity contribution in [3.8, 4) is 0 Å². The van der Waals surface area contributed by atoms with Crippen LogP contribution in [-0.2, 0) is 9.47 Å². The number of aryl methyl sites for hydroxylation is 2. The molecule has 3 nitrogen and oxygen atoms in total. The average molecular weight is 210 g/mol. The van der Waals surface area contributed by atoms with Crippen molar-refractivity contribution in [3.05, 3.63) is 34.9 Å². The molecule has 0 fully saturated rings. The topological polar surface area (TPSA) is 38.7 Å². The predicted octanol–water partition coefficient (Wildman–Crippen LogP) is 1.96. The normalized spacial score (nSPS) is 13.2. The fourth-order valence-corrected chi connectivity index (χ4v) is 1.46. The molecular weight excluding hydrogens is 192 g/mol. The molecule has 0 bridgehead atoms. The van der Waals surface area contributed by atoms with Crippen molar-refractivity contribution in [1.29, 1.82) is 0 Å². The number of ether oxygens (including phenoxy) is 2. The number of methoxy groups -OCH3 is 2. The van der Waals surface area contributed by atoms with Crippen molar-refractivity contribution in [3.63, 3.8) is 0 Å². The molecule has 1 aromatic carbocycles. The smallest absolute Gasteiger partial charge is 0.187 e. The van der Waals surface area contributed by atoms with E-state index in [0.717, 1.165) is 11.1 Å². The van der Waals surface area contributed by atoms with Gasteiger partial charge in [-0.05, 0) is 30.5 Å². The van der Waals surface area contributed by atoms with Crippen LogP contribution in [0.5, 0.6) is 0 Å². The lowest BCUT2D eigenvalue weighted by Gasteiger charge is -2.20. The Morgan fingerprint density at radius 1 is 1.07 bits per heavy atom. The minimum atomic E-state index is -0.751. The van der Waals surface area contributed by atoms with Gasteiger partial charge in [-0.25, -0.2) is 0 Å². The first kappa shape index (κ1) is 12.2. The van der Waals surface area contributed by atoms with Crippen molar-refractivity contribution < 1.29 is 14.6 Å². The predicted molar refractivity (Wildman–Crippen MR) is 58.7 cm³/mol. The zero-order valence-corrected chi connectivity index (χ0v) is 9.65. The zero-order valence-electron chi connectivity index (χ0n) is 9.65. The van der Waals surface area contributed by atoms with E-state index in [-0.39, 0.29) is 0 Å². The van der Waals surface area contributed by atoms with Gasteiger partial charge in [0.15, 0.2) is 6.29 Å². The summed E-state index contributed by atoms with van der Waals surface area (Å²) >= 11 is 0. The van der Waals surface area contributed by atoms with E-state index < -0.39 is 12.4 Å². The molecule has 1 atom stereocenters. The second-order valence-electron chi connectivity index (χ2n) is 3.63. The van der Waals surface area contributed by atoms with Gasteiger partial charge in [0.25, 0.3) is 0 Å². The van der Waals surface area contributed by atoms with Crippen LogP contribution in [0.1, 0.15) is 22.8 Å². The van der Waals surface area contributed by atoms with Gasteiger partial charge >= 0.3 is 0 Å². The fourth-order valence-electron chi connectivity index (χ4n) is 1.46. The van der Waals surface area contributed by atoms with Crippen LogP contribution >= 0.6 is 0 Å². The summed E-state index contributed by atoms with van der Waals surface area (Å²) in [6.07, 6.45) is -1.37. The molecule has 84 valence electrons. The van der Waals surface area contributed by atoms with Gasteiger partial charge in [0, 0.05) is 14.2 Å². The Morgan fingerprint density at radius 2 is 1.67 bits per heavy atom. The second kappa shape index (κ2) is 5.26. The van der Waals surface area contributed by atoms with Crippen LogP contribution in [0.15, 0.2) is 18.2 Å². The molecule has 1 unspecified atom stereocenters. The number of hydrogen-bond acceptors (Lipinski definition) is 3. The highest BCUT2D eigenvalue weighted by molar-refractivity contribution is 5.31. The van der Waals surface area contributed by atoms with Gasteiger partial charge in [0.1, 0.15) is 6.10 Å². The van der Waals surface area contributed by atoms with Crippen LogP contribution in [0.4, 0.5) is 0 Å². The first-order chi connectivity index (χ1) is 7.10. The summed E-state index contributed by atoms with van der Waals surface area (Å²) in [5.41, 5.74) is 3.17. The van der Waals surface area contributed by atoms with E-state index in [1.807, 2.05) is 32.0 Å². The molecule has 0 heterocycles. The quantitative estimate of drug-likeness (QED) is 0.772. The van der Waals surface area contributed by atoms with Gasteiger partial charge in [-0.15, -0.1) is 0 Å². The summed E-state index contributed by atoms with van der Waals surface area (Å²) in [5.74, 6) is 0. The highest BCUT2D eigenvalue weighted by Crippen LogP contribution is 2.21. The van der Waals surface area contributed by atoms with Crippen LogP contribution in [0.3, 0.4) is 0 Å². The third-order valence-electron chi connectivity index (χ3n) is 2.59. The van der Waals surface area contributed by atoms with Crippen molar-refractivity contribution in [2.75, 3.05) is 14.2 Å². The van der Waals surface area contributed by atoms with E-state index in [2.05, 4.69) is 0 Å². The van der Waals surface area contributed by atoms with Gasteiger partial charge in [0.05, 0.1) is 0 Å². The summed E-state index contributed by atoms with van der Waals surface area (Å²) < 4.78 is 10.0. The summed E-state index contributed by atoms with van der Waals surface area (Å²) in [4.78, 5) is 0. The maximum Gasteiger partial charge on any atom is 0.187 e. The van der Waals surface area contributed by atoms with E-state index in [9.17, 15) is 5.11 Å².